The third-order valence-electron chi connectivity index (χ3n) is 3.50. The van der Waals surface area contributed by atoms with Crippen molar-refractivity contribution in [2.24, 2.45) is 0 Å². The van der Waals surface area contributed by atoms with Gasteiger partial charge in [0, 0.05) is 25.5 Å². The van der Waals surface area contributed by atoms with Gasteiger partial charge in [-0.15, -0.1) is 0 Å². The summed E-state index contributed by atoms with van der Waals surface area (Å²) in [6, 6.07) is 2.06. The summed E-state index contributed by atoms with van der Waals surface area (Å²) in [6.45, 7) is 5.87. The summed E-state index contributed by atoms with van der Waals surface area (Å²) in [5.41, 5.74) is 2.36. The normalized spacial score (nSPS) is 19.3. The number of amides is 1. The number of hydrogen-bond donors (Lipinski definition) is 1. The third-order valence-corrected chi connectivity index (χ3v) is 3.50. The molecular weight excluding hydrogens is 242 g/mol. The average Bonchev–Trinajstić information content (AvgIpc) is 2.46. The standard InChI is InChI=1S/C14H21N3O2/c1-4-11-9-19-6-5-17(11)14(18)12-8-16-10(2)7-13(12)15-3/h7-8,11H,4-6,9H2,1-3H3,(H,15,16). The molecule has 2 heterocycles. The summed E-state index contributed by atoms with van der Waals surface area (Å²) >= 11 is 0. The van der Waals surface area contributed by atoms with E-state index < -0.39 is 0 Å². The topological polar surface area (TPSA) is 54.5 Å². The van der Waals surface area contributed by atoms with Crippen LogP contribution in [0, 0.1) is 6.92 Å². The minimum Gasteiger partial charge on any atom is -0.387 e. The number of anilines is 1. The zero-order valence-electron chi connectivity index (χ0n) is 11.8. The number of ether oxygens (including phenoxy) is 1. The van der Waals surface area contributed by atoms with Gasteiger partial charge in [0.1, 0.15) is 0 Å². The number of carbonyl (C=O) groups excluding carboxylic acids is 1. The molecule has 0 aromatic carbocycles. The maximum absolute atomic E-state index is 12.7. The molecule has 19 heavy (non-hydrogen) atoms. The van der Waals surface area contributed by atoms with Crippen LogP contribution in [-0.2, 0) is 4.74 Å². The van der Waals surface area contributed by atoms with E-state index in [0.717, 1.165) is 17.8 Å². The number of pyridine rings is 1. The average molecular weight is 263 g/mol. The van der Waals surface area contributed by atoms with E-state index in [4.69, 9.17) is 4.74 Å². The second-order valence-electron chi connectivity index (χ2n) is 4.76. The van der Waals surface area contributed by atoms with Crippen LogP contribution in [0.1, 0.15) is 29.4 Å². The lowest BCUT2D eigenvalue weighted by Gasteiger charge is -2.35. The van der Waals surface area contributed by atoms with Crippen molar-refractivity contribution < 1.29 is 9.53 Å². The Bertz CT molecular complexity index is 462. The first-order valence-corrected chi connectivity index (χ1v) is 6.70. The second-order valence-corrected chi connectivity index (χ2v) is 4.76. The largest absolute Gasteiger partial charge is 0.387 e. The fourth-order valence-electron chi connectivity index (χ4n) is 2.35. The summed E-state index contributed by atoms with van der Waals surface area (Å²) in [7, 11) is 1.82. The van der Waals surface area contributed by atoms with Crippen molar-refractivity contribution in [3.05, 3.63) is 23.5 Å². The van der Waals surface area contributed by atoms with Gasteiger partial charge < -0.3 is 15.0 Å². The highest BCUT2D eigenvalue weighted by molar-refractivity contribution is 5.99. The lowest BCUT2D eigenvalue weighted by atomic mass is 10.1. The Labute approximate surface area is 114 Å². The summed E-state index contributed by atoms with van der Waals surface area (Å²) in [5.74, 6) is 0.0343. The number of aromatic nitrogens is 1. The molecule has 0 radical (unpaired) electrons. The second kappa shape index (κ2) is 6.02. The number of aryl methyl sites for hydroxylation is 1. The number of nitrogens with zero attached hydrogens (tertiary/aromatic N) is 2. The minimum atomic E-state index is 0.0343. The monoisotopic (exact) mass is 263 g/mol. The predicted molar refractivity (Wildman–Crippen MR) is 74.5 cm³/mol. The van der Waals surface area contributed by atoms with Crippen LogP contribution < -0.4 is 5.32 Å². The van der Waals surface area contributed by atoms with Crippen molar-refractivity contribution in [2.45, 2.75) is 26.3 Å². The Morgan fingerprint density at radius 1 is 1.63 bits per heavy atom. The molecule has 0 saturated carbocycles. The Hall–Kier alpha value is -1.62. The fourth-order valence-corrected chi connectivity index (χ4v) is 2.35. The van der Waals surface area contributed by atoms with Gasteiger partial charge in [0.25, 0.3) is 5.91 Å². The molecule has 1 atom stereocenters. The third kappa shape index (κ3) is 2.87. The summed E-state index contributed by atoms with van der Waals surface area (Å²) < 4.78 is 5.44. The molecule has 2 rings (SSSR count). The zero-order valence-corrected chi connectivity index (χ0v) is 11.8. The van der Waals surface area contributed by atoms with E-state index in [1.165, 1.54) is 0 Å². The molecule has 1 unspecified atom stereocenters. The quantitative estimate of drug-likeness (QED) is 0.901. The molecule has 5 heteroatoms. The molecule has 1 N–H and O–H groups in total. The SMILES string of the molecule is CCC1COCCN1C(=O)c1cnc(C)cc1NC. The van der Waals surface area contributed by atoms with E-state index in [1.807, 2.05) is 24.9 Å². The molecule has 1 fully saturated rings. The van der Waals surface area contributed by atoms with Crippen molar-refractivity contribution in [1.82, 2.24) is 9.88 Å². The van der Waals surface area contributed by atoms with Crippen LogP contribution in [0.2, 0.25) is 0 Å². The maximum Gasteiger partial charge on any atom is 0.257 e. The first kappa shape index (κ1) is 13.8. The highest BCUT2D eigenvalue weighted by atomic mass is 16.5. The molecule has 1 aliphatic rings. The predicted octanol–water partition coefficient (Wildman–Crippen LogP) is 1.68. The van der Waals surface area contributed by atoms with Crippen LogP contribution in [0.4, 0.5) is 5.69 Å². The zero-order chi connectivity index (χ0) is 13.8. The molecule has 0 spiro atoms. The van der Waals surface area contributed by atoms with Crippen molar-refractivity contribution in [3.63, 3.8) is 0 Å². The van der Waals surface area contributed by atoms with Gasteiger partial charge in [-0.25, -0.2) is 0 Å². The number of hydrogen-bond acceptors (Lipinski definition) is 4. The van der Waals surface area contributed by atoms with Crippen molar-refractivity contribution >= 4 is 11.6 Å². The molecule has 1 aromatic rings. The molecule has 1 aromatic heterocycles. The van der Waals surface area contributed by atoms with E-state index in [9.17, 15) is 4.79 Å². The molecular formula is C14H21N3O2. The number of nitrogens with one attached hydrogen (secondary N) is 1. The van der Waals surface area contributed by atoms with E-state index in [-0.39, 0.29) is 11.9 Å². The Morgan fingerprint density at radius 2 is 2.42 bits per heavy atom. The molecule has 1 amide bonds. The van der Waals surface area contributed by atoms with Gasteiger partial charge in [0.05, 0.1) is 30.5 Å². The highest BCUT2D eigenvalue weighted by Gasteiger charge is 2.28. The van der Waals surface area contributed by atoms with E-state index >= 15 is 0 Å². The first-order chi connectivity index (χ1) is 9.17. The van der Waals surface area contributed by atoms with E-state index in [1.54, 1.807) is 6.20 Å². The van der Waals surface area contributed by atoms with Gasteiger partial charge >= 0.3 is 0 Å². The van der Waals surface area contributed by atoms with Crippen LogP contribution in [0.15, 0.2) is 12.3 Å². The van der Waals surface area contributed by atoms with Gasteiger partial charge in [-0.2, -0.15) is 0 Å². The molecule has 0 aliphatic carbocycles. The summed E-state index contributed by atoms with van der Waals surface area (Å²) in [5, 5.41) is 3.07. The number of morpholine rings is 1. The molecule has 1 saturated heterocycles. The Morgan fingerprint density at radius 3 is 3.11 bits per heavy atom. The van der Waals surface area contributed by atoms with Crippen LogP contribution in [0.5, 0.6) is 0 Å². The maximum atomic E-state index is 12.7. The van der Waals surface area contributed by atoms with E-state index in [2.05, 4.69) is 17.2 Å². The molecule has 104 valence electrons. The van der Waals surface area contributed by atoms with Crippen molar-refractivity contribution in [1.29, 1.82) is 0 Å². The van der Waals surface area contributed by atoms with Crippen LogP contribution in [0.25, 0.3) is 0 Å². The van der Waals surface area contributed by atoms with Gasteiger partial charge in [-0.3, -0.25) is 9.78 Å². The van der Waals surface area contributed by atoms with Crippen molar-refractivity contribution in [2.75, 3.05) is 32.1 Å². The fraction of sp³-hybridized carbons (Fsp3) is 0.571. The molecule has 5 nitrogen and oxygen atoms in total. The summed E-state index contributed by atoms with van der Waals surface area (Å²) in [6.07, 6.45) is 2.56. The van der Waals surface area contributed by atoms with Crippen molar-refractivity contribution in [3.8, 4) is 0 Å². The summed E-state index contributed by atoms with van der Waals surface area (Å²) in [4.78, 5) is 18.8. The minimum absolute atomic E-state index is 0.0343. The lowest BCUT2D eigenvalue weighted by molar-refractivity contribution is -0.00276. The first-order valence-electron chi connectivity index (χ1n) is 6.70. The van der Waals surface area contributed by atoms with Gasteiger partial charge in [-0.1, -0.05) is 6.92 Å². The Kier molecular flexibility index (Phi) is 4.37. The number of rotatable bonds is 3. The van der Waals surface area contributed by atoms with E-state index in [0.29, 0.717) is 25.3 Å². The van der Waals surface area contributed by atoms with Gasteiger partial charge in [0.2, 0.25) is 0 Å². The van der Waals surface area contributed by atoms with Crippen LogP contribution in [-0.4, -0.2) is 48.6 Å². The molecule has 1 aliphatic heterocycles. The Balaban J connectivity index is 2.27. The highest BCUT2D eigenvalue weighted by Crippen LogP contribution is 2.20. The van der Waals surface area contributed by atoms with Crippen LogP contribution >= 0.6 is 0 Å². The number of carbonyl (C=O) groups is 1. The van der Waals surface area contributed by atoms with Gasteiger partial charge in [0.15, 0.2) is 0 Å². The van der Waals surface area contributed by atoms with Crippen LogP contribution in [0.3, 0.4) is 0 Å². The van der Waals surface area contributed by atoms with Gasteiger partial charge in [-0.05, 0) is 19.4 Å². The smallest absolute Gasteiger partial charge is 0.257 e. The lowest BCUT2D eigenvalue weighted by Crippen LogP contribution is -2.48. The molecule has 0 bridgehead atoms.